The van der Waals surface area contributed by atoms with E-state index in [-0.39, 0.29) is 11.6 Å². The van der Waals surface area contributed by atoms with Crippen LogP contribution in [-0.2, 0) is 13.1 Å². The normalized spacial score (nSPS) is 10.9. The summed E-state index contributed by atoms with van der Waals surface area (Å²) in [6.07, 6.45) is 4.81. The number of nitrogens with zero attached hydrogens (tertiary/aromatic N) is 4. The maximum atomic E-state index is 13.1. The minimum absolute atomic E-state index is 0.141. The van der Waals surface area contributed by atoms with Gasteiger partial charge in [-0.25, -0.2) is 9.78 Å². The van der Waals surface area contributed by atoms with E-state index in [1.165, 1.54) is 5.56 Å². The summed E-state index contributed by atoms with van der Waals surface area (Å²) >= 11 is 0. The van der Waals surface area contributed by atoms with Gasteiger partial charge in [0, 0.05) is 37.2 Å². The summed E-state index contributed by atoms with van der Waals surface area (Å²) in [4.78, 5) is 33.6. The van der Waals surface area contributed by atoms with Crippen molar-refractivity contribution >= 4 is 17.1 Å². The second-order valence-corrected chi connectivity index (χ2v) is 6.84. The lowest BCUT2D eigenvalue weighted by atomic mass is 10.1. The van der Waals surface area contributed by atoms with Crippen LogP contribution in [0.1, 0.15) is 21.5 Å². The van der Waals surface area contributed by atoms with Gasteiger partial charge in [-0.3, -0.25) is 18.9 Å². The molecule has 0 saturated carbocycles. The predicted molar refractivity (Wildman–Crippen MR) is 111 cm³/mol. The molecule has 0 bridgehead atoms. The summed E-state index contributed by atoms with van der Waals surface area (Å²) in [6.45, 7) is 3.16. The van der Waals surface area contributed by atoms with Gasteiger partial charge in [0.2, 0.25) is 0 Å². The number of pyridine rings is 2. The van der Waals surface area contributed by atoms with Crippen LogP contribution in [0.25, 0.3) is 11.2 Å². The number of carbonyl (C=O) groups excluding carboxylic acids is 1. The van der Waals surface area contributed by atoms with Gasteiger partial charge in [-0.2, -0.15) is 0 Å². The van der Waals surface area contributed by atoms with Crippen molar-refractivity contribution < 1.29 is 4.79 Å². The molecule has 0 aliphatic heterocycles. The van der Waals surface area contributed by atoms with Gasteiger partial charge in [0.1, 0.15) is 0 Å². The van der Waals surface area contributed by atoms with Crippen LogP contribution < -0.4 is 11.0 Å². The topological polar surface area (TPSA) is 81.8 Å². The van der Waals surface area contributed by atoms with E-state index >= 15 is 0 Å². The lowest BCUT2D eigenvalue weighted by Gasteiger charge is -2.06. The summed E-state index contributed by atoms with van der Waals surface area (Å²) < 4.78 is 3.33. The Morgan fingerprint density at radius 1 is 1.00 bits per heavy atom. The zero-order chi connectivity index (χ0) is 20.2. The van der Waals surface area contributed by atoms with E-state index in [1.807, 2.05) is 43.3 Å². The Hall–Kier alpha value is -3.74. The number of nitrogens with one attached hydrogen (secondary N) is 1. The first-order valence-electron chi connectivity index (χ1n) is 9.41. The maximum absolute atomic E-state index is 13.1. The molecule has 4 aromatic rings. The minimum Gasteiger partial charge on any atom is -0.350 e. The zero-order valence-electron chi connectivity index (χ0n) is 16.1. The quantitative estimate of drug-likeness (QED) is 0.551. The highest BCUT2D eigenvalue weighted by Crippen LogP contribution is 2.13. The Bertz CT molecular complexity index is 1190. The molecule has 1 aromatic carbocycles. The summed E-state index contributed by atoms with van der Waals surface area (Å²) in [5.74, 6) is -0.197. The van der Waals surface area contributed by atoms with E-state index in [4.69, 9.17) is 0 Å². The molecular formula is C22H21N5O2. The van der Waals surface area contributed by atoms with Crippen LogP contribution in [-0.4, -0.2) is 31.6 Å². The van der Waals surface area contributed by atoms with E-state index in [0.29, 0.717) is 30.8 Å². The molecule has 1 amide bonds. The molecule has 146 valence electrons. The van der Waals surface area contributed by atoms with Crippen molar-refractivity contribution in [3.05, 3.63) is 94.3 Å². The molecule has 7 nitrogen and oxygen atoms in total. The average Bonchev–Trinajstić information content (AvgIpc) is 3.02. The van der Waals surface area contributed by atoms with Crippen molar-refractivity contribution in [1.29, 1.82) is 0 Å². The van der Waals surface area contributed by atoms with Crippen molar-refractivity contribution in [2.24, 2.45) is 0 Å². The van der Waals surface area contributed by atoms with Crippen LogP contribution in [0.4, 0.5) is 0 Å². The Morgan fingerprint density at radius 2 is 1.76 bits per heavy atom. The van der Waals surface area contributed by atoms with Crippen LogP contribution in [0.3, 0.4) is 0 Å². The molecule has 0 atom stereocenters. The molecule has 29 heavy (non-hydrogen) atoms. The number of imidazole rings is 1. The fraction of sp³-hybridized carbons (Fsp3) is 0.182. The minimum atomic E-state index is -0.197. The number of hydrogen-bond acceptors (Lipinski definition) is 4. The van der Waals surface area contributed by atoms with Gasteiger partial charge in [-0.05, 0) is 36.8 Å². The molecule has 0 unspecified atom stereocenters. The van der Waals surface area contributed by atoms with E-state index in [2.05, 4.69) is 15.3 Å². The van der Waals surface area contributed by atoms with Crippen LogP contribution >= 0.6 is 0 Å². The van der Waals surface area contributed by atoms with Gasteiger partial charge in [-0.1, -0.05) is 29.8 Å². The number of fused-ring (bicyclic) bond motifs is 1. The van der Waals surface area contributed by atoms with Crippen LogP contribution in [0, 0.1) is 6.92 Å². The number of benzene rings is 1. The van der Waals surface area contributed by atoms with Crippen molar-refractivity contribution in [3.8, 4) is 0 Å². The molecule has 0 aliphatic rings. The average molecular weight is 387 g/mol. The highest BCUT2D eigenvalue weighted by Gasteiger charge is 2.14. The Labute approximate surface area is 167 Å². The number of amides is 1. The number of carbonyl (C=O) groups is 1. The fourth-order valence-corrected chi connectivity index (χ4v) is 3.26. The van der Waals surface area contributed by atoms with Crippen molar-refractivity contribution in [2.75, 3.05) is 6.54 Å². The summed E-state index contributed by atoms with van der Waals surface area (Å²) in [5.41, 5.74) is 4.01. The lowest BCUT2D eigenvalue weighted by molar-refractivity contribution is 0.0952. The Kier molecular flexibility index (Phi) is 5.20. The number of hydrogen-bond donors (Lipinski definition) is 1. The van der Waals surface area contributed by atoms with E-state index < -0.39 is 0 Å². The van der Waals surface area contributed by atoms with Gasteiger partial charge < -0.3 is 5.32 Å². The second kappa shape index (κ2) is 8.10. The fourth-order valence-electron chi connectivity index (χ4n) is 3.26. The smallest absolute Gasteiger partial charge is 0.330 e. The van der Waals surface area contributed by atoms with Crippen LogP contribution in [0.5, 0.6) is 0 Å². The molecule has 1 N–H and O–H groups in total. The summed E-state index contributed by atoms with van der Waals surface area (Å²) in [5, 5.41) is 2.84. The van der Waals surface area contributed by atoms with Gasteiger partial charge in [0.25, 0.3) is 5.91 Å². The van der Waals surface area contributed by atoms with E-state index in [9.17, 15) is 9.59 Å². The third-order valence-electron chi connectivity index (χ3n) is 4.80. The molecule has 7 heteroatoms. The maximum Gasteiger partial charge on any atom is 0.330 e. The zero-order valence-corrected chi connectivity index (χ0v) is 16.1. The van der Waals surface area contributed by atoms with Crippen LogP contribution in [0.2, 0.25) is 0 Å². The third-order valence-corrected chi connectivity index (χ3v) is 4.80. The first-order chi connectivity index (χ1) is 14.1. The second-order valence-electron chi connectivity index (χ2n) is 6.84. The molecule has 4 rings (SSSR count). The van der Waals surface area contributed by atoms with Crippen molar-refractivity contribution in [3.63, 3.8) is 0 Å². The summed E-state index contributed by atoms with van der Waals surface area (Å²) in [6, 6.07) is 15.1. The molecule has 0 spiro atoms. The first kappa shape index (κ1) is 18.6. The van der Waals surface area contributed by atoms with E-state index in [1.54, 1.807) is 39.9 Å². The van der Waals surface area contributed by atoms with Crippen molar-refractivity contribution in [1.82, 2.24) is 24.4 Å². The molecule has 0 radical (unpaired) electrons. The Morgan fingerprint density at radius 3 is 2.52 bits per heavy atom. The van der Waals surface area contributed by atoms with Crippen molar-refractivity contribution in [2.45, 2.75) is 20.0 Å². The number of aromatic nitrogens is 4. The predicted octanol–water partition coefficient (Wildman–Crippen LogP) is 2.38. The monoisotopic (exact) mass is 387 g/mol. The number of rotatable bonds is 6. The Balaban J connectivity index is 1.56. The van der Waals surface area contributed by atoms with Gasteiger partial charge >= 0.3 is 5.69 Å². The van der Waals surface area contributed by atoms with Gasteiger partial charge in [0.15, 0.2) is 5.65 Å². The van der Waals surface area contributed by atoms with Crippen LogP contribution in [0.15, 0.2) is 71.9 Å². The molecular weight excluding hydrogens is 366 g/mol. The first-order valence-corrected chi connectivity index (χ1v) is 9.41. The third kappa shape index (κ3) is 3.94. The van der Waals surface area contributed by atoms with Gasteiger partial charge in [0.05, 0.1) is 12.1 Å². The standard InChI is InChI=1S/C22H21N5O2/c1-16-4-6-17(7-5-16)15-27-19-3-2-10-24-20(19)26(22(27)29)14-13-25-21(28)18-8-11-23-12-9-18/h2-12H,13-15H2,1H3,(H,25,28). The highest BCUT2D eigenvalue weighted by atomic mass is 16.2. The highest BCUT2D eigenvalue weighted by molar-refractivity contribution is 5.93. The largest absolute Gasteiger partial charge is 0.350 e. The molecule has 0 aliphatic carbocycles. The molecule has 0 fully saturated rings. The molecule has 3 aromatic heterocycles. The molecule has 0 saturated heterocycles. The SMILES string of the molecule is Cc1ccc(Cn2c(=O)n(CCNC(=O)c3ccncc3)c3ncccc32)cc1. The number of aryl methyl sites for hydroxylation is 1. The molecule has 3 heterocycles. The summed E-state index contributed by atoms with van der Waals surface area (Å²) in [7, 11) is 0. The lowest BCUT2D eigenvalue weighted by Crippen LogP contribution is -2.32. The van der Waals surface area contributed by atoms with Gasteiger partial charge in [-0.15, -0.1) is 0 Å². The van der Waals surface area contributed by atoms with E-state index in [0.717, 1.165) is 11.1 Å².